The van der Waals surface area contributed by atoms with Gasteiger partial charge < -0.3 is 19.3 Å². The molecule has 0 aliphatic carbocycles. The second kappa shape index (κ2) is 6.91. The zero-order valence-corrected chi connectivity index (χ0v) is 11.9. The number of hydrogen-bond acceptors (Lipinski definition) is 6. The first-order valence-corrected chi connectivity index (χ1v) is 6.47. The maximum absolute atomic E-state index is 5.73. The van der Waals surface area contributed by atoms with E-state index < -0.39 is 0 Å². The van der Waals surface area contributed by atoms with Crippen molar-refractivity contribution in [2.24, 2.45) is 0 Å². The van der Waals surface area contributed by atoms with Crippen molar-refractivity contribution >= 4 is 0 Å². The number of nitrogens with one attached hydrogen (secondary N) is 1. The van der Waals surface area contributed by atoms with Gasteiger partial charge in [-0.1, -0.05) is 19.0 Å². The van der Waals surface area contributed by atoms with E-state index in [0.29, 0.717) is 18.4 Å². The van der Waals surface area contributed by atoms with Crippen molar-refractivity contribution in [1.29, 1.82) is 0 Å². The minimum absolute atomic E-state index is 0.275. The van der Waals surface area contributed by atoms with Gasteiger partial charge in [0, 0.05) is 18.2 Å². The van der Waals surface area contributed by atoms with Crippen LogP contribution in [-0.2, 0) is 13.2 Å². The third-order valence-corrected chi connectivity index (χ3v) is 2.73. The normalized spacial score (nSPS) is 10.8. The molecule has 2 rings (SSSR count). The topological polar surface area (TPSA) is 69.4 Å². The lowest BCUT2D eigenvalue weighted by Crippen LogP contribution is -2.22. The molecule has 1 aromatic heterocycles. The summed E-state index contributed by atoms with van der Waals surface area (Å²) in [6.07, 6.45) is 1.29. The van der Waals surface area contributed by atoms with Crippen molar-refractivity contribution in [3.63, 3.8) is 0 Å². The van der Waals surface area contributed by atoms with Crippen molar-refractivity contribution in [1.82, 2.24) is 15.5 Å². The molecule has 20 heavy (non-hydrogen) atoms. The summed E-state index contributed by atoms with van der Waals surface area (Å²) >= 11 is 0. The highest BCUT2D eigenvalue weighted by molar-refractivity contribution is 5.40. The van der Waals surface area contributed by atoms with Gasteiger partial charge in [0.1, 0.15) is 11.5 Å². The summed E-state index contributed by atoms with van der Waals surface area (Å²) in [4.78, 5) is 3.93. The lowest BCUT2D eigenvalue weighted by Gasteiger charge is -2.14. The molecule has 2 aromatic rings. The maximum Gasteiger partial charge on any atom is 0.213 e. The Hall–Kier alpha value is -2.08. The number of ether oxygens (including phenoxy) is 2. The van der Waals surface area contributed by atoms with Crippen molar-refractivity contribution < 1.29 is 14.0 Å². The minimum atomic E-state index is 0.275. The molecule has 0 atom stereocenters. The van der Waals surface area contributed by atoms with Crippen molar-refractivity contribution in [2.75, 3.05) is 7.11 Å². The molecule has 1 aromatic carbocycles. The Morgan fingerprint density at radius 1 is 1.35 bits per heavy atom. The molecule has 0 radical (unpaired) electrons. The van der Waals surface area contributed by atoms with Gasteiger partial charge >= 0.3 is 0 Å². The Morgan fingerprint density at radius 3 is 2.85 bits per heavy atom. The quantitative estimate of drug-likeness (QED) is 0.836. The molecule has 1 N–H and O–H groups in total. The molecule has 6 heteroatoms. The fourth-order valence-corrected chi connectivity index (χ4v) is 1.67. The van der Waals surface area contributed by atoms with Gasteiger partial charge in [0.15, 0.2) is 6.61 Å². The molecule has 0 unspecified atom stereocenters. The van der Waals surface area contributed by atoms with E-state index in [1.165, 1.54) is 6.39 Å². The number of methoxy groups -OCH3 is 1. The zero-order valence-electron chi connectivity index (χ0n) is 11.9. The van der Waals surface area contributed by atoms with Crippen LogP contribution in [0.25, 0.3) is 0 Å². The van der Waals surface area contributed by atoms with E-state index in [2.05, 4.69) is 33.8 Å². The second-order valence-corrected chi connectivity index (χ2v) is 4.65. The van der Waals surface area contributed by atoms with Crippen LogP contribution < -0.4 is 14.8 Å². The Balaban J connectivity index is 2.08. The third-order valence-electron chi connectivity index (χ3n) is 2.73. The highest BCUT2D eigenvalue weighted by Crippen LogP contribution is 2.24. The van der Waals surface area contributed by atoms with Crippen LogP contribution in [-0.4, -0.2) is 23.3 Å². The van der Waals surface area contributed by atoms with Crippen LogP contribution in [0.2, 0.25) is 0 Å². The molecule has 0 saturated heterocycles. The van der Waals surface area contributed by atoms with Crippen LogP contribution >= 0.6 is 0 Å². The summed E-state index contributed by atoms with van der Waals surface area (Å²) in [5, 5.41) is 7.08. The Morgan fingerprint density at radius 2 is 2.20 bits per heavy atom. The average molecular weight is 277 g/mol. The van der Waals surface area contributed by atoms with E-state index in [0.717, 1.165) is 17.1 Å². The molecule has 6 nitrogen and oxygen atoms in total. The first kappa shape index (κ1) is 14.3. The van der Waals surface area contributed by atoms with E-state index in [9.17, 15) is 0 Å². The van der Waals surface area contributed by atoms with E-state index in [1.807, 2.05) is 18.2 Å². The van der Waals surface area contributed by atoms with Gasteiger partial charge in [0.25, 0.3) is 0 Å². The summed E-state index contributed by atoms with van der Waals surface area (Å²) in [7, 11) is 1.65. The van der Waals surface area contributed by atoms with Crippen LogP contribution in [0.15, 0.2) is 29.1 Å². The third kappa shape index (κ3) is 3.96. The van der Waals surface area contributed by atoms with Crippen LogP contribution in [0.4, 0.5) is 0 Å². The smallest absolute Gasteiger partial charge is 0.213 e. The summed E-state index contributed by atoms with van der Waals surface area (Å²) in [5.74, 6) is 2.10. The van der Waals surface area contributed by atoms with Gasteiger partial charge in [-0.05, 0) is 18.2 Å². The Kier molecular flexibility index (Phi) is 4.95. The number of benzene rings is 1. The van der Waals surface area contributed by atoms with E-state index >= 15 is 0 Å². The van der Waals surface area contributed by atoms with Gasteiger partial charge in [0.2, 0.25) is 12.2 Å². The van der Waals surface area contributed by atoms with E-state index in [1.54, 1.807) is 7.11 Å². The highest BCUT2D eigenvalue weighted by Gasteiger charge is 2.08. The largest absolute Gasteiger partial charge is 0.497 e. The van der Waals surface area contributed by atoms with Crippen LogP contribution in [0.1, 0.15) is 25.2 Å². The lowest BCUT2D eigenvalue weighted by molar-refractivity contribution is 0.282. The summed E-state index contributed by atoms with van der Waals surface area (Å²) < 4.78 is 15.7. The molecular weight excluding hydrogens is 258 g/mol. The molecule has 0 saturated carbocycles. The molecule has 108 valence electrons. The van der Waals surface area contributed by atoms with Crippen LogP contribution in [0, 0.1) is 0 Å². The summed E-state index contributed by atoms with van der Waals surface area (Å²) in [6.45, 7) is 5.17. The molecule has 0 bridgehead atoms. The fourth-order valence-electron chi connectivity index (χ4n) is 1.67. The monoisotopic (exact) mass is 277 g/mol. The van der Waals surface area contributed by atoms with Gasteiger partial charge in [0.05, 0.1) is 7.11 Å². The average Bonchev–Trinajstić information content (AvgIpc) is 2.96. The van der Waals surface area contributed by atoms with Crippen LogP contribution in [0.5, 0.6) is 11.5 Å². The Bertz CT molecular complexity index is 526. The number of hydrogen-bond donors (Lipinski definition) is 1. The highest BCUT2D eigenvalue weighted by atomic mass is 16.5. The SMILES string of the molecule is COc1ccc(OCc2ncon2)c(CNC(C)C)c1. The molecule has 1 heterocycles. The standard InChI is InChI=1S/C14H19N3O3/c1-10(2)15-7-11-6-12(18-3)4-5-13(11)19-8-14-16-9-20-17-14/h4-6,9-10,15H,7-8H2,1-3H3. The molecule has 0 aliphatic heterocycles. The van der Waals surface area contributed by atoms with E-state index in [4.69, 9.17) is 9.47 Å². The summed E-state index contributed by atoms with van der Waals surface area (Å²) in [6, 6.07) is 6.10. The Labute approximate surface area is 118 Å². The predicted molar refractivity (Wildman–Crippen MR) is 73.6 cm³/mol. The van der Waals surface area contributed by atoms with Gasteiger partial charge in [-0.15, -0.1) is 0 Å². The van der Waals surface area contributed by atoms with Crippen molar-refractivity contribution in [3.8, 4) is 11.5 Å². The molecule has 0 amide bonds. The number of aromatic nitrogens is 2. The second-order valence-electron chi connectivity index (χ2n) is 4.65. The number of nitrogens with zero attached hydrogens (tertiary/aromatic N) is 2. The van der Waals surface area contributed by atoms with Gasteiger partial charge in [-0.25, -0.2) is 0 Å². The zero-order chi connectivity index (χ0) is 14.4. The van der Waals surface area contributed by atoms with E-state index in [-0.39, 0.29) is 6.61 Å². The lowest BCUT2D eigenvalue weighted by atomic mass is 10.1. The van der Waals surface area contributed by atoms with Crippen molar-refractivity contribution in [2.45, 2.75) is 33.0 Å². The van der Waals surface area contributed by atoms with Gasteiger partial charge in [-0.2, -0.15) is 4.98 Å². The summed E-state index contributed by atoms with van der Waals surface area (Å²) in [5.41, 5.74) is 1.03. The maximum atomic E-state index is 5.73. The molecule has 0 fully saturated rings. The fraction of sp³-hybridized carbons (Fsp3) is 0.429. The molecular formula is C14H19N3O3. The predicted octanol–water partition coefficient (Wildman–Crippen LogP) is 2.16. The van der Waals surface area contributed by atoms with Crippen LogP contribution in [0.3, 0.4) is 0 Å². The first-order valence-electron chi connectivity index (χ1n) is 6.47. The van der Waals surface area contributed by atoms with Crippen molar-refractivity contribution in [3.05, 3.63) is 36.0 Å². The number of rotatable bonds is 7. The molecule has 0 aliphatic rings. The minimum Gasteiger partial charge on any atom is -0.497 e. The van der Waals surface area contributed by atoms with Gasteiger partial charge in [-0.3, -0.25) is 0 Å². The first-order chi connectivity index (χ1) is 9.69. The molecule has 0 spiro atoms.